The fourth-order valence-corrected chi connectivity index (χ4v) is 3.56. The number of halogens is 1. The van der Waals surface area contributed by atoms with Gasteiger partial charge in [-0.3, -0.25) is 19.1 Å². The van der Waals surface area contributed by atoms with Crippen LogP contribution in [0.5, 0.6) is 0 Å². The predicted molar refractivity (Wildman–Crippen MR) is 104 cm³/mol. The highest BCUT2D eigenvalue weighted by Crippen LogP contribution is 2.46. The number of nitrogens with zero attached hydrogens (tertiary/aromatic N) is 1. The fourth-order valence-electron chi connectivity index (χ4n) is 2.77. The second kappa shape index (κ2) is 9.47. The van der Waals surface area contributed by atoms with Gasteiger partial charge in [0, 0.05) is 12.3 Å². The van der Waals surface area contributed by atoms with Crippen molar-refractivity contribution in [2.24, 2.45) is 0 Å². The second-order valence-electron chi connectivity index (χ2n) is 7.13. The lowest BCUT2D eigenvalue weighted by Crippen LogP contribution is -2.50. The number of hydrogen-bond acceptors (Lipinski definition) is 9. The highest BCUT2D eigenvalue weighted by molar-refractivity contribution is 7.36. The third-order valence-electron chi connectivity index (χ3n) is 4.36. The third kappa shape index (κ3) is 5.32. The molecule has 0 spiro atoms. The van der Waals surface area contributed by atoms with Crippen molar-refractivity contribution in [2.45, 2.75) is 56.7 Å². The summed E-state index contributed by atoms with van der Waals surface area (Å²) in [7, 11) is -2.81. The van der Waals surface area contributed by atoms with Crippen molar-refractivity contribution < 1.29 is 38.0 Å². The highest BCUT2D eigenvalue weighted by Gasteiger charge is 2.65. The zero-order valence-corrected chi connectivity index (χ0v) is 17.9. The van der Waals surface area contributed by atoms with Crippen molar-refractivity contribution in [3.05, 3.63) is 45.8 Å². The largest absolute Gasteiger partial charge is 0.614 e. The number of hydrogen-bond donors (Lipinski definition) is 4. The van der Waals surface area contributed by atoms with Gasteiger partial charge in [0.25, 0.3) is 11.4 Å². The maximum atomic E-state index is 15.3. The average Bonchev–Trinajstić information content (AvgIpc) is 2.88. The topological polar surface area (TPSA) is 169 Å². The first-order valence-electron chi connectivity index (χ1n) is 9.13. The molecule has 1 aromatic rings. The van der Waals surface area contributed by atoms with Gasteiger partial charge in [-0.15, -0.1) is 4.52 Å². The number of nitrogens with one attached hydrogen (secondary N) is 2. The Balaban J connectivity index is 2.15. The summed E-state index contributed by atoms with van der Waals surface area (Å²) in [5.74, 6) is -3.84. The van der Waals surface area contributed by atoms with E-state index in [-0.39, 0.29) is 0 Å². The predicted octanol–water partition coefficient (Wildman–Crippen LogP) is -0.387. The summed E-state index contributed by atoms with van der Waals surface area (Å²) >= 11 is 0. The zero-order valence-electron chi connectivity index (χ0n) is 17.0. The van der Waals surface area contributed by atoms with Crippen LogP contribution in [0, 0.1) is 0 Å². The van der Waals surface area contributed by atoms with Crippen LogP contribution in [0.4, 0.5) is 4.39 Å². The Kier molecular flexibility index (Phi) is 7.63. The lowest BCUT2D eigenvalue weighted by molar-refractivity contribution is -0.202. The van der Waals surface area contributed by atoms with E-state index in [0.717, 1.165) is 18.3 Å². The molecule has 0 radical (unpaired) electrons. The molecule has 0 aromatic carbocycles. The van der Waals surface area contributed by atoms with E-state index in [2.05, 4.69) is 11.7 Å². The Labute approximate surface area is 176 Å². The van der Waals surface area contributed by atoms with Gasteiger partial charge >= 0.3 is 19.8 Å². The molecule has 1 aliphatic heterocycles. The van der Waals surface area contributed by atoms with Gasteiger partial charge in [-0.25, -0.2) is 9.18 Å². The minimum atomic E-state index is -3.13. The number of ether oxygens (including phenoxy) is 2. The molecule has 0 bridgehead atoms. The molecule has 1 aliphatic rings. The van der Waals surface area contributed by atoms with Crippen molar-refractivity contribution in [1.29, 1.82) is 0 Å². The second-order valence-corrected chi connectivity index (χ2v) is 8.17. The normalized spacial score (nSPS) is 29.6. The molecule has 6 atom stereocenters. The summed E-state index contributed by atoms with van der Waals surface area (Å²) in [6.45, 7) is 6.77. The number of carbonyl (C=O) groups is 1. The first-order chi connectivity index (χ1) is 14.3. The van der Waals surface area contributed by atoms with Crippen molar-refractivity contribution in [3.8, 4) is 0 Å². The van der Waals surface area contributed by atoms with Crippen LogP contribution in [0.25, 0.3) is 0 Å². The van der Waals surface area contributed by atoms with E-state index in [0.29, 0.717) is 4.57 Å². The van der Waals surface area contributed by atoms with Crippen LogP contribution in [0.15, 0.2) is 34.5 Å². The highest BCUT2D eigenvalue weighted by atomic mass is 31.1. The van der Waals surface area contributed by atoms with E-state index in [1.54, 1.807) is 13.8 Å². The van der Waals surface area contributed by atoms with Gasteiger partial charge in [0.15, 0.2) is 24.5 Å². The number of H-pyrrole nitrogens is 1. The quantitative estimate of drug-likeness (QED) is 0.215. The van der Waals surface area contributed by atoms with Gasteiger partial charge in [-0.2, -0.15) is 0 Å². The standard InChI is InChI=1S/C17H23FN3O9P/c1-5-16(26)13(24)17(18,30-14(16)21-7-6-11(22)19-15(21)25)8-28-31(27)20-10(4)12(23)29-9(2)3/h5-7,9-10,13-14,24,26H,1,8H2,2-4H3,(H-,19,20,22,25,27)/p+1/t10-,13-,14+,16+,17+/m0/s1. The van der Waals surface area contributed by atoms with Crippen LogP contribution in [0.1, 0.15) is 27.0 Å². The van der Waals surface area contributed by atoms with Crippen molar-refractivity contribution in [2.75, 3.05) is 6.61 Å². The van der Waals surface area contributed by atoms with Gasteiger partial charge in [0.1, 0.15) is 6.04 Å². The Morgan fingerprint density at radius 1 is 1.52 bits per heavy atom. The molecule has 14 heteroatoms. The Morgan fingerprint density at radius 3 is 2.71 bits per heavy atom. The zero-order chi connectivity index (χ0) is 23.6. The molecular formula is C17H24FN3O9P+. The Hall–Kier alpha value is -2.28. The summed E-state index contributed by atoms with van der Waals surface area (Å²) in [5, 5.41) is 23.3. The monoisotopic (exact) mass is 464 g/mol. The lowest BCUT2D eigenvalue weighted by atomic mass is 9.93. The van der Waals surface area contributed by atoms with Crippen LogP contribution in [0.3, 0.4) is 0 Å². The third-order valence-corrected chi connectivity index (χ3v) is 5.33. The number of alkyl halides is 1. The molecule has 1 unspecified atom stereocenters. The van der Waals surface area contributed by atoms with Crippen molar-refractivity contribution in [1.82, 2.24) is 14.6 Å². The van der Waals surface area contributed by atoms with Gasteiger partial charge in [-0.05, 0) is 25.3 Å². The van der Waals surface area contributed by atoms with Gasteiger partial charge < -0.3 is 19.7 Å². The molecule has 12 nitrogen and oxygen atoms in total. The average molecular weight is 464 g/mol. The lowest BCUT2D eigenvalue weighted by Gasteiger charge is -2.28. The molecule has 172 valence electrons. The van der Waals surface area contributed by atoms with E-state index >= 15 is 4.39 Å². The SMILES string of the molecule is C=C[C@]1(O)[C@H](n2ccc(=O)[nH]c2=O)O[C@](F)(CO[P+](=O)N[C@@H](C)C(=O)OC(C)C)[C@H]1O. The number of esters is 1. The summed E-state index contributed by atoms with van der Waals surface area (Å²) in [6, 6.07) is -0.123. The Morgan fingerprint density at radius 2 is 2.16 bits per heavy atom. The fraction of sp³-hybridized carbons (Fsp3) is 0.588. The van der Waals surface area contributed by atoms with Crippen LogP contribution in [-0.4, -0.2) is 62.0 Å². The minimum absolute atomic E-state index is 0.406. The maximum absolute atomic E-state index is 15.3. The molecule has 1 saturated heterocycles. The van der Waals surface area contributed by atoms with E-state index < -0.39 is 67.9 Å². The number of carbonyl (C=O) groups excluding carboxylic acids is 1. The van der Waals surface area contributed by atoms with Crippen LogP contribution >= 0.6 is 8.18 Å². The van der Waals surface area contributed by atoms with Gasteiger partial charge in [0.05, 0.1) is 6.10 Å². The number of aromatic amines is 1. The summed E-state index contributed by atoms with van der Waals surface area (Å²) < 4.78 is 42.8. The first-order valence-corrected chi connectivity index (χ1v) is 10.3. The number of aliphatic hydroxyl groups is 2. The molecule has 1 aromatic heterocycles. The molecule has 0 amide bonds. The van der Waals surface area contributed by atoms with E-state index in [1.165, 1.54) is 6.92 Å². The summed E-state index contributed by atoms with van der Waals surface area (Å²) in [5.41, 5.74) is -4.29. The number of aliphatic hydroxyl groups excluding tert-OH is 1. The van der Waals surface area contributed by atoms with Crippen LogP contribution in [-0.2, 0) is 23.4 Å². The molecule has 2 rings (SSSR count). The number of aromatic nitrogens is 2. The van der Waals surface area contributed by atoms with E-state index in [4.69, 9.17) is 14.0 Å². The van der Waals surface area contributed by atoms with Crippen molar-refractivity contribution >= 4 is 14.1 Å². The number of rotatable bonds is 9. The van der Waals surface area contributed by atoms with E-state index in [9.17, 15) is 29.2 Å². The van der Waals surface area contributed by atoms with Crippen LogP contribution in [0.2, 0.25) is 0 Å². The Bertz CT molecular complexity index is 967. The molecule has 0 aliphatic carbocycles. The molecule has 4 N–H and O–H groups in total. The smallest absolute Gasteiger partial charge is 0.462 e. The molecular weight excluding hydrogens is 440 g/mol. The maximum Gasteiger partial charge on any atom is 0.614 e. The molecule has 0 saturated carbocycles. The first kappa shape index (κ1) is 25.0. The van der Waals surface area contributed by atoms with Gasteiger partial charge in [0.2, 0.25) is 0 Å². The summed E-state index contributed by atoms with van der Waals surface area (Å²) in [4.78, 5) is 36.9. The van der Waals surface area contributed by atoms with E-state index in [1.807, 2.05) is 4.98 Å². The van der Waals surface area contributed by atoms with Crippen LogP contribution < -0.4 is 16.3 Å². The van der Waals surface area contributed by atoms with Crippen molar-refractivity contribution in [3.63, 3.8) is 0 Å². The minimum Gasteiger partial charge on any atom is -0.462 e. The summed E-state index contributed by atoms with van der Waals surface area (Å²) in [6.07, 6.45) is -2.85. The molecule has 2 heterocycles. The molecule has 31 heavy (non-hydrogen) atoms. The molecule has 1 fully saturated rings. The van der Waals surface area contributed by atoms with Gasteiger partial charge in [-0.1, -0.05) is 17.7 Å².